The number of aromatic carboxylic acids is 1. The number of benzene rings is 1. The first kappa shape index (κ1) is 13.4. The lowest BCUT2D eigenvalue weighted by Gasteiger charge is -2.08. The molecule has 0 atom stereocenters. The first-order chi connectivity index (χ1) is 9.08. The molecule has 0 unspecified atom stereocenters. The summed E-state index contributed by atoms with van der Waals surface area (Å²) >= 11 is 5.96. The maximum Gasteiger partial charge on any atom is 0.335 e. The van der Waals surface area contributed by atoms with Crippen LogP contribution in [-0.2, 0) is 13.5 Å². The van der Waals surface area contributed by atoms with Crippen LogP contribution in [-0.4, -0.2) is 27.2 Å². The fraction of sp³-hybridized carbons (Fsp3) is 0.231. The standard InChI is InChI=1S/C13H13ClN2O3/c1-16-6-5-15-12(16)4-7-19-11-3-2-9(13(17)18)8-10(11)14/h2-3,5-6,8H,4,7H2,1H3,(H,17,18). The predicted octanol–water partition coefficient (Wildman–Crippen LogP) is 2.39. The van der Waals surface area contributed by atoms with E-state index in [0.717, 1.165) is 5.82 Å². The van der Waals surface area contributed by atoms with Crippen LogP contribution in [0.4, 0.5) is 0 Å². The molecule has 0 bridgehead atoms. The minimum Gasteiger partial charge on any atom is -0.492 e. The molecule has 0 fully saturated rings. The molecule has 5 nitrogen and oxygen atoms in total. The molecule has 2 aromatic rings. The molecule has 0 amide bonds. The van der Waals surface area contributed by atoms with E-state index in [1.165, 1.54) is 12.1 Å². The highest BCUT2D eigenvalue weighted by molar-refractivity contribution is 6.32. The van der Waals surface area contributed by atoms with Crippen LogP contribution in [0.5, 0.6) is 5.75 Å². The Hall–Kier alpha value is -2.01. The van der Waals surface area contributed by atoms with Gasteiger partial charge in [-0.2, -0.15) is 0 Å². The molecule has 0 aliphatic heterocycles. The number of carboxylic acid groups (broad SMARTS) is 1. The molecule has 0 saturated heterocycles. The molecule has 1 N–H and O–H groups in total. The number of rotatable bonds is 5. The number of carboxylic acids is 1. The molecular formula is C13H13ClN2O3. The summed E-state index contributed by atoms with van der Waals surface area (Å²) in [6.07, 6.45) is 4.24. The normalized spacial score (nSPS) is 10.4. The highest BCUT2D eigenvalue weighted by atomic mass is 35.5. The van der Waals surface area contributed by atoms with Gasteiger partial charge in [-0.1, -0.05) is 11.6 Å². The summed E-state index contributed by atoms with van der Waals surface area (Å²) in [5.41, 5.74) is 0.140. The zero-order valence-corrected chi connectivity index (χ0v) is 11.1. The number of aromatic nitrogens is 2. The van der Waals surface area contributed by atoms with Gasteiger partial charge in [0.2, 0.25) is 0 Å². The van der Waals surface area contributed by atoms with Crippen molar-refractivity contribution in [3.8, 4) is 5.75 Å². The number of nitrogens with zero attached hydrogens (tertiary/aromatic N) is 2. The lowest BCUT2D eigenvalue weighted by atomic mass is 10.2. The van der Waals surface area contributed by atoms with E-state index in [-0.39, 0.29) is 5.56 Å². The van der Waals surface area contributed by atoms with Gasteiger partial charge in [-0.25, -0.2) is 9.78 Å². The average molecular weight is 281 g/mol. The number of aryl methyl sites for hydroxylation is 1. The number of halogens is 1. The first-order valence-corrected chi connectivity index (χ1v) is 6.07. The second kappa shape index (κ2) is 5.75. The molecule has 0 aliphatic rings. The summed E-state index contributed by atoms with van der Waals surface area (Å²) in [4.78, 5) is 14.9. The Morgan fingerprint density at radius 2 is 2.32 bits per heavy atom. The van der Waals surface area contributed by atoms with E-state index in [2.05, 4.69) is 4.98 Å². The van der Waals surface area contributed by atoms with Gasteiger partial charge >= 0.3 is 5.97 Å². The molecular weight excluding hydrogens is 268 g/mol. The van der Waals surface area contributed by atoms with Gasteiger partial charge in [-0.3, -0.25) is 0 Å². The number of imidazole rings is 1. The average Bonchev–Trinajstić information content (AvgIpc) is 2.77. The maximum absolute atomic E-state index is 10.8. The van der Waals surface area contributed by atoms with Crippen molar-refractivity contribution in [3.05, 3.63) is 47.0 Å². The number of hydrogen-bond acceptors (Lipinski definition) is 3. The summed E-state index contributed by atoms with van der Waals surface area (Å²) < 4.78 is 7.44. The predicted molar refractivity (Wildman–Crippen MR) is 70.8 cm³/mol. The minimum atomic E-state index is -1.01. The van der Waals surface area contributed by atoms with Crippen LogP contribution in [0.2, 0.25) is 5.02 Å². The van der Waals surface area contributed by atoms with Crippen molar-refractivity contribution in [3.63, 3.8) is 0 Å². The van der Waals surface area contributed by atoms with Crippen LogP contribution in [0.25, 0.3) is 0 Å². The third kappa shape index (κ3) is 3.26. The molecule has 19 heavy (non-hydrogen) atoms. The van der Waals surface area contributed by atoms with Crippen molar-refractivity contribution in [2.45, 2.75) is 6.42 Å². The van der Waals surface area contributed by atoms with Gasteiger partial charge in [0.25, 0.3) is 0 Å². The summed E-state index contributed by atoms with van der Waals surface area (Å²) in [5, 5.41) is 9.11. The molecule has 0 aliphatic carbocycles. The third-order valence-corrected chi connectivity index (χ3v) is 2.98. The molecule has 1 heterocycles. The van der Waals surface area contributed by atoms with Crippen LogP contribution in [0.1, 0.15) is 16.2 Å². The number of hydrogen-bond donors (Lipinski definition) is 1. The van der Waals surface area contributed by atoms with Crippen LogP contribution < -0.4 is 4.74 Å². The Labute approximate surface area is 115 Å². The number of ether oxygens (including phenoxy) is 1. The van der Waals surface area contributed by atoms with Crippen molar-refractivity contribution in [2.75, 3.05) is 6.61 Å². The highest BCUT2D eigenvalue weighted by Gasteiger charge is 2.08. The molecule has 6 heteroatoms. The van der Waals surface area contributed by atoms with E-state index in [1.54, 1.807) is 12.3 Å². The second-order valence-corrected chi connectivity index (χ2v) is 4.41. The van der Waals surface area contributed by atoms with Crippen molar-refractivity contribution < 1.29 is 14.6 Å². The van der Waals surface area contributed by atoms with Gasteiger partial charge in [0.15, 0.2) is 0 Å². The largest absolute Gasteiger partial charge is 0.492 e. The second-order valence-electron chi connectivity index (χ2n) is 4.00. The Kier molecular flexibility index (Phi) is 4.06. The third-order valence-electron chi connectivity index (χ3n) is 2.68. The molecule has 1 aromatic carbocycles. The van der Waals surface area contributed by atoms with Crippen LogP contribution in [0.3, 0.4) is 0 Å². The number of carbonyl (C=O) groups is 1. The minimum absolute atomic E-state index is 0.140. The SMILES string of the molecule is Cn1ccnc1CCOc1ccc(C(=O)O)cc1Cl. The van der Waals surface area contributed by atoms with Crippen molar-refractivity contribution in [2.24, 2.45) is 7.05 Å². The fourth-order valence-corrected chi connectivity index (χ4v) is 1.88. The Morgan fingerprint density at radius 3 is 2.89 bits per heavy atom. The van der Waals surface area contributed by atoms with E-state index < -0.39 is 5.97 Å². The molecule has 0 spiro atoms. The van der Waals surface area contributed by atoms with Gasteiger partial charge in [0.1, 0.15) is 11.6 Å². The van der Waals surface area contributed by atoms with Gasteiger partial charge in [0.05, 0.1) is 17.2 Å². The zero-order valence-electron chi connectivity index (χ0n) is 10.3. The topological polar surface area (TPSA) is 64.4 Å². The molecule has 2 rings (SSSR count). The Balaban J connectivity index is 1.96. The fourth-order valence-electron chi connectivity index (χ4n) is 1.64. The van der Waals surface area contributed by atoms with Crippen molar-refractivity contribution in [1.82, 2.24) is 9.55 Å². The lowest BCUT2D eigenvalue weighted by Crippen LogP contribution is -2.06. The lowest BCUT2D eigenvalue weighted by molar-refractivity contribution is 0.0697. The monoisotopic (exact) mass is 280 g/mol. The molecule has 0 saturated carbocycles. The molecule has 1 aromatic heterocycles. The van der Waals surface area contributed by atoms with E-state index in [4.69, 9.17) is 21.4 Å². The maximum atomic E-state index is 10.8. The van der Waals surface area contributed by atoms with Gasteiger partial charge < -0.3 is 14.4 Å². The van der Waals surface area contributed by atoms with Crippen molar-refractivity contribution in [1.29, 1.82) is 0 Å². The van der Waals surface area contributed by atoms with Gasteiger partial charge in [-0.05, 0) is 18.2 Å². The van der Waals surface area contributed by atoms with E-state index in [1.807, 2.05) is 17.8 Å². The van der Waals surface area contributed by atoms with E-state index >= 15 is 0 Å². The summed E-state index contributed by atoms with van der Waals surface area (Å²) in [5.74, 6) is 0.376. The van der Waals surface area contributed by atoms with Crippen LogP contribution in [0.15, 0.2) is 30.6 Å². The van der Waals surface area contributed by atoms with Crippen LogP contribution in [0, 0.1) is 0 Å². The molecule has 100 valence electrons. The summed E-state index contributed by atoms with van der Waals surface area (Å²) in [6, 6.07) is 4.40. The Bertz CT molecular complexity index is 595. The van der Waals surface area contributed by atoms with E-state index in [9.17, 15) is 4.79 Å². The van der Waals surface area contributed by atoms with Crippen LogP contribution >= 0.6 is 11.6 Å². The van der Waals surface area contributed by atoms with Gasteiger partial charge in [0, 0.05) is 25.9 Å². The van der Waals surface area contributed by atoms with Gasteiger partial charge in [-0.15, -0.1) is 0 Å². The smallest absolute Gasteiger partial charge is 0.335 e. The summed E-state index contributed by atoms with van der Waals surface area (Å²) in [7, 11) is 1.91. The van der Waals surface area contributed by atoms with E-state index in [0.29, 0.717) is 23.8 Å². The zero-order chi connectivity index (χ0) is 13.8. The molecule has 0 radical (unpaired) electrons. The van der Waals surface area contributed by atoms with Crippen molar-refractivity contribution >= 4 is 17.6 Å². The first-order valence-electron chi connectivity index (χ1n) is 5.70. The quantitative estimate of drug-likeness (QED) is 0.913. The summed E-state index contributed by atoms with van der Waals surface area (Å²) in [6.45, 7) is 0.428. The highest BCUT2D eigenvalue weighted by Crippen LogP contribution is 2.25. The Morgan fingerprint density at radius 1 is 1.53 bits per heavy atom.